The minimum absolute atomic E-state index is 0.111. The molecule has 0 aliphatic heterocycles. The number of halogens is 1. The lowest BCUT2D eigenvalue weighted by molar-refractivity contribution is 0.276. The lowest BCUT2D eigenvalue weighted by Gasteiger charge is -2.04. The van der Waals surface area contributed by atoms with Crippen molar-refractivity contribution in [2.45, 2.75) is 13.5 Å². The summed E-state index contributed by atoms with van der Waals surface area (Å²) in [5, 5.41) is 17.2. The first kappa shape index (κ1) is 10.1. The average Bonchev–Trinajstić information content (AvgIpc) is 2.70. The first-order chi connectivity index (χ1) is 7.20. The third kappa shape index (κ3) is 2.00. The highest BCUT2D eigenvalue weighted by molar-refractivity contribution is 6.30. The van der Waals surface area contributed by atoms with Gasteiger partial charge in [-0.15, -0.1) is 5.10 Å². The standard InChI is InChI=1S/C10H10ClN3O/c1-7-2-3-8(11)4-10(7)14-5-9(6-15)12-13-14/h2-5,15H,6H2,1H3. The number of hydrogen-bond donors (Lipinski definition) is 1. The fraction of sp³-hybridized carbons (Fsp3) is 0.200. The molecule has 0 spiro atoms. The molecule has 1 aromatic carbocycles. The molecular weight excluding hydrogens is 214 g/mol. The lowest BCUT2D eigenvalue weighted by atomic mass is 10.2. The van der Waals surface area contributed by atoms with Gasteiger partial charge < -0.3 is 5.11 Å². The zero-order chi connectivity index (χ0) is 10.8. The van der Waals surface area contributed by atoms with Gasteiger partial charge in [-0.1, -0.05) is 22.9 Å². The zero-order valence-corrected chi connectivity index (χ0v) is 8.94. The number of rotatable bonds is 2. The van der Waals surface area contributed by atoms with Gasteiger partial charge in [0, 0.05) is 5.02 Å². The summed E-state index contributed by atoms with van der Waals surface area (Å²) in [6, 6.07) is 5.55. The lowest BCUT2D eigenvalue weighted by Crippen LogP contribution is -1.97. The van der Waals surface area contributed by atoms with Gasteiger partial charge >= 0.3 is 0 Å². The summed E-state index contributed by atoms with van der Waals surface area (Å²) < 4.78 is 1.60. The van der Waals surface area contributed by atoms with Gasteiger partial charge in [0.15, 0.2) is 0 Å². The summed E-state index contributed by atoms with van der Waals surface area (Å²) in [4.78, 5) is 0. The highest BCUT2D eigenvalue weighted by atomic mass is 35.5. The van der Waals surface area contributed by atoms with Gasteiger partial charge in [0.25, 0.3) is 0 Å². The third-order valence-corrected chi connectivity index (χ3v) is 2.36. The van der Waals surface area contributed by atoms with Crippen molar-refractivity contribution in [1.82, 2.24) is 15.0 Å². The number of nitrogens with zero attached hydrogens (tertiary/aromatic N) is 3. The fourth-order valence-electron chi connectivity index (χ4n) is 1.32. The first-order valence-corrected chi connectivity index (χ1v) is 4.87. The van der Waals surface area contributed by atoms with E-state index in [0.29, 0.717) is 10.7 Å². The van der Waals surface area contributed by atoms with E-state index in [0.717, 1.165) is 11.3 Å². The van der Waals surface area contributed by atoms with E-state index >= 15 is 0 Å². The van der Waals surface area contributed by atoms with Crippen molar-refractivity contribution >= 4 is 11.6 Å². The first-order valence-electron chi connectivity index (χ1n) is 4.49. The van der Waals surface area contributed by atoms with Crippen LogP contribution in [0.4, 0.5) is 0 Å². The molecule has 5 heteroatoms. The van der Waals surface area contributed by atoms with Gasteiger partial charge in [-0.3, -0.25) is 0 Å². The number of aliphatic hydroxyl groups excluding tert-OH is 1. The van der Waals surface area contributed by atoms with Crippen molar-refractivity contribution in [1.29, 1.82) is 0 Å². The molecule has 0 atom stereocenters. The van der Waals surface area contributed by atoms with Crippen LogP contribution >= 0.6 is 11.6 Å². The average molecular weight is 224 g/mol. The molecule has 0 saturated carbocycles. The Kier molecular flexibility index (Phi) is 2.70. The quantitative estimate of drug-likeness (QED) is 0.844. The van der Waals surface area contributed by atoms with E-state index in [9.17, 15) is 0 Å². The minimum Gasteiger partial charge on any atom is -0.390 e. The molecule has 2 rings (SSSR count). The van der Waals surface area contributed by atoms with Gasteiger partial charge in [0.2, 0.25) is 0 Å². The van der Waals surface area contributed by atoms with E-state index in [4.69, 9.17) is 16.7 Å². The van der Waals surface area contributed by atoms with Crippen LogP contribution in [-0.2, 0) is 6.61 Å². The van der Waals surface area contributed by atoms with Crippen LogP contribution in [0, 0.1) is 6.92 Å². The Morgan fingerprint density at radius 3 is 2.93 bits per heavy atom. The van der Waals surface area contributed by atoms with Gasteiger partial charge in [0.05, 0.1) is 18.5 Å². The Bertz CT molecular complexity index is 481. The summed E-state index contributed by atoms with van der Waals surface area (Å²) in [6.07, 6.45) is 1.68. The summed E-state index contributed by atoms with van der Waals surface area (Å²) >= 11 is 5.90. The SMILES string of the molecule is Cc1ccc(Cl)cc1-n1cc(CO)nn1. The maximum atomic E-state index is 8.88. The number of benzene rings is 1. The van der Waals surface area contributed by atoms with Gasteiger partial charge in [-0.25, -0.2) is 4.68 Å². The summed E-state index contributed by atoms with van der Waals surface area (Å²) in [6.45, 7) is 1.85. The molecule has 1 N–H and O–H groups in total. The van der Waals surface area contributed by atoms with E-state index in [-0.39, 0.29) is 6.61 Å². The highest BCUT2D eigenvalue weighted by Gasteiger charge is 2.05. The van der Waals surface area contributed by atoms with Crippen LogP contribution in [-0.4, -0.2) is 20.1 Å². The maximum absolute atomic E-state index is 8.88. The molecule has 2 aromatic rings. The second-order valence-corrected chi connectivity index (χ2v) is 3.68. The number of aliphatic hydroxyl groups is 1. The Hall–Kier alpha value is -1.39. The zero-order valence-electron chi connectivity index (χ0n) is 8.18. The fourth-order valence-corrected chi connectivity index (χ4v) is 1.48. The molecule has 0 radical (unpaired) electrons. The highest BCUT2D eigenvalue weighted by Crippen LogP contribution is 2.18. The molecule has 0 unspecified atom stereocenters. The Balaban J connectivity index is 2.48. The van der Waals surface area contributed by atoms with Crippen molar-refractivity contribution < 1.29 is 5.11 Å². The second-order valence-electron chi connectivity index (χ2n) is 3.24. The number of aromatic nitrogens is 3. The van der Waals surface area contributed by atoms with E-state index in [1.54, 1.807) is 10.9 Å². The van der Waals surface area contributed by atoms with Gasteiger partial charge in [-0.05, 0) is 24.6 Å². The summed E-state index contributed by atoms with van der Waals surface area (Å²) in [5.41, 5.74) is 2.46. The molecule has 0 bridgehead atoms. The third-order valence-electron chi connectivity index (χ3n) is 2.12. The molecule has 78 valence electrons. The predicted molar refractivity (Wildman–Crippen MR) is 57.0 cm³/mol. The van der Waals surface area contributed by atoms with E-state index in [1.165, 1.54) is 0 Å². The van der Waals surface area contributed by atoms with Crippen molar-refractivity contribution in [2.24, 2.45) is 0 Å². The summed E-state index contributed by atoms with van der Waals surface area (Å²) in [5.74, 6) is 0. The van der Waals surface area contributed by atoms with Gasteiger partial charge in [-0.2, -0.15) is 0 Å². The van der Waals surface area contributed by atoms with Crippen LogP contribution in [0.15, 0.2) is 24.4 Å². The largest absolute Gasteiger partial charge is 0.390 e. The monoisotopic (exact) mass is 223 g/mol. The van der Waals surface area contributed by atoms with E-state index in [2.05, 4.69) is 10.3 Å². The van der Waals surface area contributed by atoms with Gasteiger partial charge in [0.1, 0.15) is 5.69 Å². The minimum atomic E-state index is -0.111. The Labute approximate surface area is 92.1 Å². The molecule has 0 aliphatic rings. The molecule has 0 fully saturated rings. The molecular formula is C10H10ClN3O. The molecule has 0 amide bonds. The molecule has 4 nitrogen and oxygen atoms in total. The number of hydrogen-bond acceptors (Lipinski definition) is 3. The van der Waals surface area contributed by atoms with Crippen molar-refractivity contribution in [3.8, 4) is 5.69 Å². The van der Waals surface area contributed by atoms with Crippen LogP contribution in [0.2, 0.25) is 5.02 Å². The smallest absolute Gasteiger partial charge is 0.109 e. The Morgan fingerprint density at radius 2 is 2.27 bits per heavy atom. The van der Waals surface area contributed by atoms with Crippen LogP contribution in [0.3, 0.4) is 0 Å². The van der Waals surface area contributed by atoms with Crippen molar-refractivity contribution in [2.75, 3.05) is 0 Å². The molecule has 15 heavy (non-hydrogen) atoms. The maximum Gasteiger partial charge on any atom is 0.109 e. The molecule has 0 aliphatic carbocycles. The predicted octanol–water partition coefficient (Wildman–Crippen LogP) is 1.72. The van der Waals surface area contributed by atoms with E-state index < -0.39 is 0 Å². The van der Waals surface area contributed by atoms with Crippen molar-refractivity contribution in [3.05, 3.63) is 40.7 Å². The van der Waals surface area contributed by atoms with Crippen LogP contribution in [0.1, 0.15) is 11.3 Å². The normalized spacial score (nSPS) is 10.6. The summed E-state index contributed by atoms with van der Waals surface area (Å²) in [7, 11) is 0. The Morgan fingerprint density at radius 1 is 1.47 bits per heavy atom. The van der Waals surface area contributed by atoms with Crippen molar-refractivity contribution in [3.63, 3.8) is 0 Å². The van der Waals surface area contributed by atoms with E-state index in [1.807, 2.05) is 25.1 Å². The van der Waals surface area contributed by atoms with Crippen LogP contribution in [0.25, 0.3) is 5.69 Å². The second kappa shape index (κ2) is 4.00. The van der Waals surface area contributed by atoms with Crippen LogP contribution in [0.5, 0.6) is 0 Å². The van der Waals surface area contributed by atoms with Crippen LogP contribution < -0.4 is 0 Å². The molecule has 1 aromatic heterocycles. The number of aryl methyl sites for hydroxylation is 1. The topological polar surface area (TPSA) is 50.9 Å². The molecule has 0 saturated heterocycles. The molecule has 1 heterocycles.